The van der Waals surface area contributed by atoms with E-state index in [0.717, 1.165) is 29.8 Å². The number of aromatic nitrogens is 3. The molecule has 4 aliphatic rings. The molecule has 3 N–H and O–H groups in total. The van der Waals surface area contributed by atoms with Gasteiger partial charge in [0.1, 0.15) is 17.7 Å². The van der Waals surface area contributed by atoms with Gasteiger partial charge in [-0.2, -0.15) is 10.8 Å². The number of nitrogens with one attached hydrogen (secondary N) is 1. The van der Waals surface area contributed by atoms with Crippen LogP contribution in [0.4, 0.5) is 5.82 Å². The van der Waals surface area contributed by atoms with Gasteiger partial charge in [0, 0.05) is 37.7 Å². The molecule has 212 valence electrons. The normalized spacial score (nSPS) is 23.1. The number of carbonyl (C=O) groups excluding carboxylic acids is 2. The Balaban J connectivity index is 1.12. The topological polar surface area (TPSA) is 152 Å². The number of amidine groups is 1. The quantitative estimate of drug-likeness (QED) is 0.342. The molecule has 3 aliphatic heterocycles. The summed E-state index contributed by atoms with van der Waals surface area (Å²) >= 11 is 0. The maximum Gasteiger partial charge on any atom is 0.311 e. The molecule has 2 atom stereocenters. The molecule has 2 amide bonds. The van der Waals surface area contributed by atoms with E-state index in [1.54, 1.807) is 48.8 Å². The Kier molecular flexibility index (Phi) is 6.36. The molecule has 0 spiro atoms. The number of hydrogen-bond acceptors (Lipinski definition) is 9. The Morgan fingerprint density at radius 3 is 2.69 bits per heavy atom. The molecule has 7 rings (SSSR count). The Bertz CT molecular complexity index is 1700. The SMILES string of the molecule is Cc1nnc(C(=O)N2CCCC(C3=C4C=NC=C[N+]4(N)C(c4ccc(C(=O)Nc5cc(C6CC6)ccn5)cc4)=N3)C2)o1. The highest BCUT2D eigenvalue weighted by Crippen LogP contribution is 2.40. The largest absolute Gasteiger partial charge is 0.417 e. The van der Waals surface area contributed by atoms with Gasteiger partial charge in [-0.1, -0.05) is 0 Å². The van der Waals surface area contributed by atoms with Gasteiger partial charge in [0.2, 0.25) is 11.6 Å². The molecule has 1 saturated heterocycles. The van der Waals surface area contributed by atoms with Crippen LogP contribution in [0.5, 0.6) is 0 Å². The van der Waals surface area contributed by atoms with E-state index in [9.17, 15) is 9.59 Å². The number of aryl methyl sites for hydroxylation is 1. The number of likely N-dealkylation sites (tertiary alicyclic amines) is 1. The number of carbonyl (C=O) groups is 2. The fourth-order valence-corrected chi connectivity index (χ4v) is 5.75. The van der Waals surface area contributed by atoms with Crippen LogP contribution in [0.2, 0.25) is 0 Å². The lowest BCUT2D eigenvalue weighted by Gasteiger charge is -2.32. The summed E-state index contributed by atoms with van der Waals surface area (Å²) in [7, 11) is 0. The molecular formula is C30H30N9O3+. The molecule has 1 aliphatic carbocycles. The first-order chi connectivity index (χ1) is 20.4. The summed E-state index contributed by atoms with van der Waals surface area (Å²) in [5.74, 6) is 8.43. The summed E-state index contributed by atoms with van der Waals surface area (Å²) in [6.07, 6.45) is 10.9. The lowest BCUT2D eigenvalue weighted by atomic mass is 9.93. The van der Waals surface area contributed by atoms with Crippen LogP contribution in [0.25, 0.3) is 0 Å². The highest BCUT2D eigenvalue weighted by Gasteiger charge is 2.46. The van der Waals surface area contributed by atoms with E-state index < -0.39 is 0 Å². The fourth-order valence-electron chi connectivity index (χ4n) is 5.75. The van der Waals surface area contributed by atoms with Crippen LogP contribution >= 0.6 is 0 Å². The smallest absolute Gasteiger partial charge is 0.311 e. The third kappa shape index (κ3) is 4.74. The maximum atomic E-state index is 13.0. The van der Waals surface area contributed by atoms with Crippen molar-refractivity contribution in [3.8, 4) is 0 Å². The van der Waals surface area contributed by atoms with Crippen molar-refractivity contribution in [1.82, 2.24) is 20.1 Å². The minimum atomic E-state index is -0.290. The second-order valence-electron chi connectivity index (χ2n) is 11.1. The molecule has 1 aromatic carbocycles. The van der Waals surface area contributed by atoms with Gasteiger partial charge in [0.05, 0.1) is 18.0 Å². The number of anilines is 1. The number of quaternary nitrogens is 1. The molecule has 2 aromatic heterocycles. The second kappa shape index (κ2) is 10.2. The van der Waals surface area contributed by atoms with Crippen molar-refractivity contribution in [3.63, 3.8) is 0 Å². The average Bonchev–Trinajstić information content (AvgIpc) is 3.70. The molecule has 0 bridgehead atoms. The zero-order valence-electron chi connectivity index (χ0n) is 23.1. The van der Waals surface area contributed by atoms with Gasteiger partial charge in [0.15, 0.2) is 0 Å². The van der Waals surface area contributed by atoms with Crippen LogP contribution in [0.15, 0.2) is 80.8 Å². The number of pyridine rings is 1. The van der Waals surface area contributed by atoms with Crippen molar-refractivity contribution in [2.75, 3.05) is 18.4 Å². The highest BCUT2D eigenvalue weighted by molar-refractivity contribution is 6.05. The van der Waals surface area contributed by atoms with E-state index in [1.165, 1.54) is 18.4 Å². The monoisotopic (exact) mass is 564 g/mol. The third-order valence-corrected chi connectivity index (χ3v) is 8.11. The van der Waals surface area contributed by atoms with Gasteiger partial charge in [-0.25, -0.2) is 4.98 Å². The lowest BCUT2D eigenvalue weighted by molar-refractivity contribution is -0.750. The van der Waals surface area contributed by atoms with Crippen LogP contribution in [0, 0.1) is 12.8 Å². The maximum absolute atomic E-state index is 13.0. The molecule has 2 unspecified atom stereocenters. The minimum Gasteiger partial charge on any atom is -0.417 e. The zero-order valence-corrected chi connectivity index (χ0v) is 23.1. The van der Waals surface area contributed by atoms with Crippen LogP contribution in [-0.4, -0.2) is 61.6 Å². The van der Waals surface area contributed by atoms with E-state index in [4.69, 9.17) is 15.3 Å². The third-order valence-electron chi connectivity index (χ3n) is 8.11. The Hall–Kier alpha value is -4.81. The highest BCUT2D eigenvalue weighted by atomic mass is 16.4. The van der Waals surface area contributed by atoms with Gasteiger partial charge < -0.3 is 14.6 Å². The van der Waals surface area contributed by atoms with Crippen LogP contribution in [-0.2, 0) is 0 Å². The molecule has 2 fully saturated rings. The predicted molar refractivity (Wildman–Crippen MR) is 154 cm³/mol. The predicted octanol–water partition coefficient (Wildman–Crippen LogP) is 3.67. The number of hydrogen-bond donors (Lipinski definition) is 2. The van der Waals surface area contributed by atoms with Crippen LogP contribution < -0.4 is 11.2 Å². The molecular weight excluding hydrogens is 534 g/mol. The Morgan fingerprint density at radius 2 is 1.93 bits per heavy atom. The van der Waals surface area contributed by atoms with Gasteiger partial charge in [-0.3, -0.25) is 14.6 Å². The number of aliphatic imine (C=N–C) groups is 2. The summed E-state index contributed by atoms with van der Waals surface area (Å²) < 4.78 is 5.23. The van der Waals surface area contributed by atoms with Gasteiger partial charge in [0.25, 0.3) is 11.7 Å². The summed E-state index contributed by atoms with van der Waals surface area (Å²) in [6.45, 7) is 2.70. The molecule has 1 saturated carbocycles. The first-order valence-corrected chi connectivity index (χ1v) is 14.1. The Morgan fingerprint density at radius 1 is 1.10 bits per heavy atom. The molecule has 0 radical (unpaired) electrons. The van der Waals surface area contributed by atoms with Gasteiger partial charge in [-0.05, 0) is 73.6 Å². The van der Waals surface area contributed by atoms with Gasteiger partial charge >= 0.3 is 11.8 Å². The number of piperidine rings is 1. The summed E-state index contributed by atoms with van der Waals surface area (Å²) in [6, 6.07) is 11.2. The molecule has 12 nitrogen and oxygen atoms in total. The van der Waals surface area contributed by atoms with Crippen molar-refractivity contribution in [3.05, 3.63) is 94.9 Å². The fraction of sp³-hybridized carbons (Fsp3) is 0.300. The minimum absolute atomic E-state index is 0.0111. The molecule has 42 heavy (non-hydrogen) atoms. The van der Waals surface area contributed by atoms with E-state index in [2.05, 4.69) is 25.5 Å². The summed E-state index contributed by atoms with van der Waals surface area (Å²) in [4.78, 5) is 41.4. The average molecular weight is 565 g/mol. The zero-order chi connectivity index (χ0) is 28.8. The van der Waals surface area contributed by atoms with Crippen molar-refractivity contribution < 1.29 is 18.6 Å². The Labute approximate surface area is 241 Å². The molecule has 5 heterocycles. The summed E-state index contributed by atoms with van der Waals surface area (Å²) in [5, 5.41) is 10.6. The van der Waals surface area contributed by atoms with E-state index in [0.29, 0.717) is 42.1 Å². The number of nitrogens with two attached hydrogens (primary N) is 1. The molecule has 12 heteroatoms. The number of allylic oxidation sites excluding steroid dienone is 1. The van der Waals surface area contributed by atoms with Crippen molar-refractivity contribution >= 4 is 29.7 Å². The number of rotatable bonds is 6. The number of fused-ring (bicyclic) bond motifs is 1. The van der Waals surface area contributed by atoms with E-state index >= 15 is 0 Å². The van der Waals surface area contributed by atoms with Crippen molar-refractivity contribution in [1.29, 1.82) is 0 Å². The number of nitrogens with zero attached hydrogens (tertiary/aromatic N) is 7. The first kappa shape index (κ1) is 26.1. The molecule has 3 aromatic rings. The van der Waals surface area contributed by atoms with E-state index in [-0.39, 0.29) is 28.2 Å². The van der Waals surface area contributed by atoms with Crippen LogP contribution in [0.1, 0.15) is 69.7 Å². The second-order valence-corrected chi connectivity index (χ2v) is 11.1. The van der Waals surface area contributed by atoms with E-state index in [1.807, 2.05) is 24.3 Å². The van der Waals surface area contributed by atoms with Gasteiger partial charge in [-0.15, -0.1) is 14.8 Å². The summed E-state index contributed by atoms with van der Waals surface area (Å²) in [5.41, 5.74) is 4.04. The standard InChI is InChI=1S/C30H29N9O3/c1-18-36-37-29(42-18)30(41)38-13-2-3-23(17-38)26-24-16-32-12-14-39(24,31)27(35-26)20-6-8-21(9-7-20)28(40)34-25-15-22(10-11-33-25)19-4-5-19/h6-12,14-16,19,23H,2-5,13,17,31H2,1H3/p+1. The number of benzene rings is 1. The lowest BCUT2D eigenvalue weighted by Crippen LogP contribution is -2.53. The number of amides is 2. The van der Waals surface area contributed by atoms with Crippen molar-refractivity contribution in [2.45, 2.75) is 38.5 Å². The van der Waals surface area contributed by atoms with Crippen molar-refractivity contribution in [2.24, 2.45) is 21.7 Å². The first-order valence-electron chi connectivity index (χ1n) is 14.1. The van der Waals surface area contributed by atoms with Crippen LogP contribution in [0.3, 0.4) is 0 Å².